The summed E-state index contributed by atoms with van der Waals surface area (Å²) in [5.41, 5.74) is 1.08. The number of urea groups is 1. The number of hydrogen-bond donors (Lipinski definition) is 2. The van der Waals surface area contributed by atoms with Gasteiger partial charge in [-0.25, -0.2) is 4.79 Å². The second kappa shape index (κ2) is 8.23. The highest BCUT2D eigenvalue weighted by Gasteiger charge is 2.26. The molecule has 0 aliphatic carbocycles. The molecule has 0 saturated carbocycles. The van der Waals surface area contributed by atoms with Crippen LogP contribution in [0.15, 0.2) is 24.3 Å². The molecule has 0 fully saturated rings. The maximum atomic E-state index is 12.0. The van der Waals surface area contributed by atoms with Gasteiger partial charge in [-0.15, -0.1) is 0 Å². The molecule has 0 aromatic heterocycles. The van der Waals surface area contributed by atoms with E-state index in [-0.39, 0.29) is 17.0 Å². The number of aryl methyl sites for hydroxylation is 1. The minimum Gasteiger partial charge on any atom is -0.493 e. The van der Waals surface area contributed by atoms with Crippen LogP contribution in [0.2, 0.25) is 0 Å². The molecule has 1 aromatic carbocycles. The number of hydrogen-bond acceptors (Lipinski definition) is 2. The van der Waals surface area contributed by atoms with Gasteiger partial charge in [0.05, 0.1) is 6.61 Å². The average molecular weight is 320 g/mol. The number of carbonyl (C=O) groups is 1. The van der Waals surface area contributed by atoms with E-state index in [1.54, 1.807) is 0 Å². The minimum absolute atomic E-state index is 0.116. The Kier molecular flexibility index (Phi) is 6.92. The summed E-state index contributed by atoms with van der Waals surface area (Å²) in [5, 5.41) is 5.94. The van der Waals surface area contributed by atoms with Gasteiger partial charge in [-0.2, -0.15) is 0 Å². The number of para-hydroxylation sites is 1. The van der Waals surface area contributed by atoms with Gasteiger partial charge in [0.25, 0.3) is 0 Å². The number of nitrogens with one attached hydrogen (secondary N) is 2. The molecule has 0 saturated heterocycles. The standard InChI is InChI=1S/C19H32N2O2/c1-15-10-7-8-11-16(15)23-13-9-12-20-17(22)21-19(5,6)14-18(2,3)4/h7-8,10-11H,9,12-14H2,1-6H3,(H2,20,21,22). The summed E-state index contributed by atoms with van der Waals surface area (Å²) in [6.45, 7) is 13.9. The zero-order valence-corrected chi connectivity index (χ0v) is 15.5. The highest BCUT2D eigenvalue weighted by molar-refractivity contribution is 5.74. The second-order valence-corrected chi connectivity index (χ2v) is 7.97. The molecular weight excluding hydrogens is 288 g/mol. The molecule has 2 amide bonds. The minimum atomic E-state index is -0.222. The normalized spacial score (nSPS) is 11.9. The molecule has 0 atom stereocenters. The quantitative estimate of drug-likeness (QED) is 0.737. The predicted molar refractivity (Wildman–Crippen MR) is 96.0 cm³/mol. The lowest BCUT2D eigenvalue weighted by Crippen LogP contribution is -2.50. The highest BCUT2D eigenvalue weighted by Crippen LogP contribution is 2.26. The van der Waals surface area contributed by atoms with Gasteiger partial charge in [0, 0.05) is 12.1 Å². The van der Waals surface area contributed by atoms with Crippen LogP contribution in [0, 0.1) is 12.3 Å². The molecule has 1 aromatic rings. The number of amides is 2. The summed E-state index contributed by atoms with van der Waals surface area (Å²) in [4.78, 5) is 12.0. The largest absolute Gasteiger partial charge is 0.493 e. The van der Waals surface area contributed by atoms with Gasteiger partial charge in [-0.1, -0.05) is 39.0 Å². The fraction of sp³-hybridized carbons (Fsp3) is 0.632. The van der Waals surface area contributed by atoms with E-state index in [0.29, 0.717) is 13.2 Å². The predicted octanol–water partition coefficient (Wildman–Crippen LogP) is 4.28. The van der Waals surface area contributed by atoms with Crippen molar-refractivity contribution in [2.24, 2.45) is 5.41 Å². The summed E-state index contributed by atoms with van der Waals surface area (Å²) >= 11 is 0. The third kappa shape index (κ3) is 8.48. The zero-order chi connectivity index (χ0) is 17.5. The van der Waals surface area contributed by atoms with Gasteiger partial charge in [0.15, 0.2) is 0 Å². The van der Waals surface area contributed by atoms with Crippen molar-refractivity contribution in [3.8, 4) is 5.75 Å². The van der Waals surface area contributed by atoms with Crippen molar-refractivity contribution < 1.29 is 9.53 Å². The van der Waals surface area contributed by atoms with Crippen molar-refractivity contribution in [3.05, 3.63) is 29.8 Å². The first-order valence-electron chi connectivity index (χ1n) is 8.33. The highest BCUT2D eigenvalue weighted by atomic mass is 16.5. The van der Waals surface area contributed by atoms with Crippen molar-refractivity contribution >= 4 is 6.03 Å². The summed E-state index contributed by atoms with van der Waals surface area (Å²) in [5.74, 6) is 0.906. The zero-order valence-electron chi connectivity index (χ0n) is 15.5. The van der Waals surface area contributed by atoms with Crippen LogP contribution in [0.1, 0.15) is 53.0 Å². The van der Waals surface area contributed by atoms with Gasteiger partial charge in [0.2, 0.25) is 0 Å². The van der Waals surface area contributed by atoms with Crippen LogP contribution in [-0.4, -0.2) is 24.7 Å². The van der Waals surface area contributed by atoms with E-state index in [2.05, 4.69) is 45.3 Å². The maximum absolute atomic E-state index is 12.0. The van der Waals surface area contributed by atoms with E-state index in [1.807, 2.05) is 31.2 Å². The molecule has 0 heterocycles. The average Bonchev–Trinajstić information content (AvgIpc) is 2.36. The lowest BCUT2D eigenvalue weighted by atomic mass is 9.82. The molecule has 0 unspecified atom stereocenters. The van der Waals surface area contributed by atoms with Gasteiger partial charge in [-0.3, -0.25) is 0 Å². The van der Waals surface area contributed by atoms with Gasteiger partial charge in [0.1, 0.15) is 5.75 Å². The second-order valence-electron chi connectivity index (χ2n) is 7.97. The Morgan fingerprint density at radius 2 is 1.78 bits per heavy atom. The summed E-state index contributed by atoms with van der Waals surface area (Å²) < 4.78 is 5.71. The number of benzene rings is 1. The molecule has 4 nitrogen and oxygen atoms in total. The van der Waals surface area contributed by atoms with Gasteiger partial charge < -0.3 is 15.4 Å². The summed E-state index contributed by atoms with van der Waals surface area (Å²) in [7, 11) is 0. The van der Waals surface area contributed by atoms with Crippen molar-refractivity contribution in [2.75, 3.05) is 13.2 Å². The van der Waals surface area contributed by atoms with Crippen molar-refractivity contribution in [2.45, 2.75) is 59.9 Å². The topological polar surface area (TPSA) is 50.4 Å². The van der Waals surface area contributed by atoms with E-state index in [4.69, 9.17) is 4.74 Å². The molecule has 130 valence electrons. The molecular formula is C19H32N2O2. The molecule has 0 spiro atoms. The first kappa shape index (κ1) is 19.3. The van der Waals surface area contributed by atoms with Crippen molar-refractivity contribution in [1.29, 1.82) is 0 Å². The molecule has 0 aliphatic rings. The summed E-state index contributed by atoms with van der Waals surface area (Å²) in [6, 6.07) is 7.83. The Morgan fingerprint density at radius 1 is 1.13 bits per heavy atom. The molecule has 23 heavy (non-hydrogen) atoms. The summed E-state index contributed by atoms with van der Waals surface area (Å²) in [6.07, 6.45) is 1.70. The van der Waals surface area contributed by atoms with Gasteiger partial charge in [-0.05, 0) is 50.7 Å². The first-order valence-corrected chi connectivity index (χ1v) is 8.33. The smallest absolute Gasteiger partial charge is 0.315 e. The van der Waals surface area contributed by atoms with E-state index in [9.17, 15) is 4.79 Å². The van der Waals surface area contributed by atoms with Crippen molar-refractivity contribution in [1.82, 2.24) is 10.6 Å². The number of rotatable bonds is 7. The van der Waals surface area contributed by atoms with Crippen LogP contribution in [0.4, 0.5) is 4.79 Å². The Hall–Kier alpha value is -1.71. The van der Waals surface area contributed by atoms with Crippen LogP contribution in [0.25, 0.3) is 0 Å². The molecule has 0 aliphatic heterocycles. The van der Waals surface area contributed by atoms with E-state index < -0.39 is 0 Å². The lowest BCUT2D eigenvalue weighted by molar-refractivity contribution is 0.209. The fourth-order valence-corrected chi connectivity index (χ4v) is 2.90. The molecule has 2 N–H and O–H groups in total. The van der Waals surface area contributed by atoms with Crippen LogP contribution >= 0.6 is 0 Å². The van der Waals surface area contributed by atoms with Crippen LogP contribution in [-0.2, 0) is 0 Å². The molecule has 0 radical (unpaired) electrons. The van der Waals surface area contributed by atoms with Crippen LogP contribution in [0.3, 0.4) is 0 Å². The van der Waals surface area contributed by atoms with E-state index in [1.165, 1.54) is 0 Å². The van der Waals surface area contributed by atoms with E-state index >= 15 is 0 Å². The van der Waals surface area contributed by atoms with Crippen molar-refractivity contribution in [3.63, 3.8) is 0 Å². The Labute approximate surface area is 141 Å². The monoisotopic (exact) mass is 320 g/mol. The fourth-order valence-electron chi connectivity index (χ4n) is 2.90. The Balaban J connectivity index is 2.23. The third-order valence-corrected chi connectivity index (χ3v) is 3.38. The molecule has 4 heteroatoms. The number of ether oxygens (including phenoxy) is 1. The first-order chi connectivity index (χ1) is 10.6. The molecule has 1 rings (SSSR count). The SMILES string of the molecule is Cc1ccccc1OCCCNC(=O)NC(C)(C)CC(C)(C)C. The lowest BCUT2D eigenvalue weighted by Gasteiger charge is -2.33. The maximum Gasteiger partial charge on any atom is 0.315 e. The Morgan fingerprint density at radius 3 is 2.39 bits per heavy atom. The number of carbonyl (C=O) groups excluding carboxylic acids is 1. The van der Waals surface area contributed by atoms with Gasteiger partial charge >= 0.3 is 6.03 Å². The van der Waals surface area contributed by atoms with Crippen LogP contribution in [0.5, 0.6) is 5.75 Å². The van der Waals surface area contributed by atoms with Crippen LogP contribution < -0.4 is 15.4 Å². The molecule has 0 bridgehead atoms. The Bertz CT molecular complexity index is 504. The third-order valence-electron chi connectivity index (χ3n) is 3.38. The van der Waals surface area contributed by atoms with E-state index in [0.717, 1.165) is 24.2 Å².